The first-order valence-corrected chi connectivity index (χ1v) is 15.8. The maximum absolute atomic E-state index is 10.9. The highest BCUT2D eigenvalue weighted by Gasteiger charge is 2.50. The summed E-state index contributed by atoms with van der Waals surface area (Å²) in [4.78, 5) is 0. The zero-order valence-electron chi connectivity index (χ0n) is 24.5. The Labute approximate surface area is 235 Å². The minimum Gasteiger partial charge on any atom is -0.487 e. The van der Waals surface area contributed by atoms with Crippen molar-refractivity contribution in [3.05, 3.63) is 83.9 Å². The van der Waals surface area contributed by atoms with Gasteiger partial charge in [0.25, 0.3) is 8.32 Å². The van der Waals surface area contributed by atoms with Gasteiger partial charge in [-0.15, -0.1) is 0 Å². The molecule has 1 aliphatic heterocycles. The first-order valence-electron chi connectivity index (χ1n) is 13.9. The molecule has 4 rings (SSSR count). The van der Waals surface area contributed by atoms with Gasteiger partial charge >= 0.3 is 0 Å². The van der Waals surface area contributed by atoms with Crippen LogP contribution < -0.4 is 19.8 Å². The molecule has 0 radical (unpaired) electrons. The van der Waals surface area contributed by atoms with Crippen LogP contribution in [0.1, 0.15) is 64.5 Å². The molecule has 0 unspecified atom stereocenters. The highest BCUT2D eigenvalue weighted by atomic mass is 28.4. The van der Waals surface area contributed by atoms with Crippen molar-refractivity contribution in [1.82, 2.24) is 0 Å². The third-order valence-electron chi connectivity index (χ3n) is 7.84. The van der Waals surface area contributed by atoms with Crippen molar-refractivity contribution < 1.29 is 23.7 Å². The lowest BCUT2D eigenvalue weighted by Gasteiger charge is -2.44. The minimum atomic E-state index is -2.64. The predicted octanol–water partition coefficient (Wildman–Crippen LogP) is 5.95. The Morgan fingerprint density at radius 2 is 1.51 bits per heavy atom. The lowest BCUT2D eigenvalue weighted by Crippen LogP contribution is -2.66. The van der Waals surface area contributed by atoms with E-state index in [0.717, 1.165) is 29.0 Å². The number of aryl methyl sites for hydroxylation is 1. The summed E-state index contributed by atoms with van der Waals surface area (Å²) in [6, 6.07) is 25.6. The van der Waals surface area contributed by atoms with Crippen molar-refractivity contribution >= 4 is 18.7 Å². The van der Waals surface area contributed by atoms with Crippen molar-refractivity contribution in [2.75, 3.05) is 20.5 Å². The number of ether oxygens (including phenoxy) is 3. The van der Waals surface area contributed by atoms with Gasteiger partial charge in [0, 0.05) is 19.3 Å². The summed E-state index contributed by atoms with van der Waals surface area (Å²) in [6.07, 6.45) is 1.20. The second-order valence-electron chi connectivity index (χ2n) is 12.2. The van der Waals surface area contributed by atoms with Crippen LogP contribution in [0.25, 0.3) is 0 Å². The van der Waals surface area contributed by atoms with Crippen LogP contribution in [-0.4, -0.2) is 45.6 Å². The summed E-state index contributed by atoms with van der Waals surface area (Å²) in [7, 11) is -1.02. The molecule has 0 amide bonds. The Bertz CT molecular complexity index is 1180. The number of hydrogen-bond donors (Lipinski definition) is 1. The second kappa shape index (κ2) is 11.8. The topological polar surface area (TPSA) is 57.2 Å². The van der Waals surface area contributed by atoms with Crippen LogP contribution in [0.2, 0.25) is 5.04 Å². The Hall–Kier alpha value is -2.64. The summed E-state index contributed by atoms with van der Waals surface area (Å²) in [6.45, 7) is 13.3. The number of fused-ring (bicyclic) bond motifs is 1. The molecule has 0 aliphatic carbocycles. The van der Waals surface area contributed by atoms with Crippen molar-refractivity contribution in [3.63, 3.8) is 0 Å². The number of rotatable bonds is 10. The van der Waals surface area contributed by atoms with Crippen molar-refractivity contribution in [3.8, 4) is 11.5 Å². The standard InChI is InChI=1S/C33H44O5Si/c1-24-20-30-28(22-29(24)36-23-35-7)25(21-31(38-30)33(5,6)34)18-19-37-39(32(2,3)4,26-14-10-8-11-15-26)27-16-12-9-13-17-27/h8-17,20,22,25,31,34H,18-19,21,23H2,1-7H3/t25-,31+/m0/s1. The Kier molecular flexibility index (Phi) is 8.91. The minimum absolute atomic E-state index is 0.0861. The van der Waals surface area contributed by atoms with Crippen LogP contribution in [0.4, 0.5) is 0 Å². The first kappa shape index (κ1) is 29.3. The lowest BCUT2D eigenvalue weighted by molar-refractivity contribution is -0.0481. The molecule has 5 nitrogen and oxygen atoms in total. The normalized spacial score (nSPS) is 17.8. The summed E-state index contributed by atoms with van der Waals surface area (Å²) in [5.74, 6) is 1.75. The Balaban J connectivity index is 1.69. The smallest absolute Gasteiger partial charge is 0.261 e. The fraction of sp³-hybridized carbons (Fsp3) is 0.455. The average Bonchev–Trinajstić information content (AvgIpc) is 2.89. The predicted molar refractivity (Wildman–Crippen MR) is 160 cm³/mol. The quantitative estimate of drug-likeness (QED) is 0.251. The third kappa shape index (κ3) is 6.25. The molecule has 2 atom stereocenters. The molecular weight excluding hydrogens is 504 g/mol. The molecule has 0 fully saturated rings. The van der Waals surface area contributed by atoms with E-state index in [2.05, 4.69) is 87.5 Å². The second-order valence-corrected chi connectivity index (χ2v) is 16.5. The molecule has 0 aromatic heterocycles. The third-order valence-corrected chi connectivity index (χ3v) is 12.9. The molecule has 1 aliphatic rings. The molecule has 0 saturated heterocycles. The number of aliphatic hydroxyl groups is 1. The fourth-order valence-electron chi connectivity index (χ4n) is 5.78. The largest absolute Gasteiger partial charge is 0.487 e. The van der Waals surface area contributed by atoms with Crippen molar-refractivity contribution in [2.24, 2.45) is 0 Å². The van der Waals surface area contributed by atoms with Crippen LogP contribution in [0.15, 0.2) is 72.8 Å². The fourth-order valence-corrected chi connectivity index (χ4v) is 10.4. The van der Waals surface area contributed by atoms with Crippen LogP contribution in [0.3, 0.4) is 0 Å². The number of hydrogen-bond acceptors (Lipinski definition) is 5. The van der Waals surface area contributed by atoms with Gasteiger partial charge in [0.1, 0.15) is 17.6 Å². The summed E-state index contributed by atoms with van der Waals surface area (Å²) >= 11 is 0. The molecule has 3 aromatic rings. The van der Waals surface area contributed by atoms with E-state index >= 15 is 0 Å². The van der Waals surface area contributed by atoms with Gasteiger partial charge in [-0.2, -0.15) is 0 Å². The summed E-state index contributed by atoms with van der Waals surface area (Å²) in [5.41, 5.74) is 1.11. The maximum atomic E-state index is 10.9. The first-order chi connectivity index (χ1) is 18.5. The molecule has 0 saturated carbocycles. The van der Waals surface area contributed by atoms with Gasteiger partial charge in [-0.25, -0.2) is 0 Å². The highest BCUT2D eigenvalue weighted by Crippen LogP contribution is 2.44. The van der Waals surface area contributed by atoms with Gasteiger partial charge in [0.05, 0.1) is 5.60 Å². The van der Waals surface area contributed by atoms with E-state index < -0.39 is 13.9 Å². The zero-order valence-corrected chi connectivity index (χ0v) is 25.5. The van der Waals surface area contributed by atoms with Crippen LogP contribution >= 0.6 is 0 Å². The van der Waals surface area contributed by atoms with Gasteiger partial charge in [0.15, 0.2) is 6.79 Å². The molecule has 0 spiro atoms. The molecule has 210 valence electrons. The van der Waals surface area contributed by atoms with Gasteiger partial charge in [0.2, 0.25) is 0 Å². The molecule has 0 bridgehead atoms. The van der Waals surface area contributed by atoms with Crippen molar-refractivity contribution in [2.45, 2.75) is 77.0 Å². The zero-order chi connectivity index (χ0) is 28.3. The van der Waals surface area contributed by atoms with Crippen LogP contribution in [0.5, 0.6) is 11.5 Å². The summed E-state index contributed by atoms with van der Waals surface area (Å²) in [5, 5.41) is 13.4. The Morgan fingerprint density at radius 1 is 0.923 bits per heavy atom. The molecule has 3 aromatic carbocycles. The highest BCUT2D eigenvalue weighted by molar-refractivity contribution is 6.99. The van der Waals surface area contributed by atoms with E-state index in [1.807, 2.05) is 26.8 Å². The summed E-state index contributed by atoms with van der Waals surface area (Å²) < 4.78 is 24.6. The van der Waals surface area contributed by atoms with Gasteiger partial charge in [-0.05, 0) is 72.6 Å². The Morgan fingerprint density at radius 3 is 2.03 bits per heavy atom. The maximum Gasteiger partial charge on any atom is 0.261 e. The average molecular weight is 549 g/mol. The van der Waals surface area contributed by atoms with Gasteiger partial charge < -0.3 is 23.7 Å². The monoisotopic (exact) mass is 548 g/mol. The number of benzene rings is 3. The van der Waals surface area contributed by atoms with Gasteiger partial charge in [-0.3, -0.25) is 0 Å². The van der Waals surface area contributed by atoms with E-state index in [-0.39, 0.29) is 23.9 Å². The van der Waals surface area contributed by atoms with E-state index in [0.29, 0.717) is 13.0 Å². The molecule has 1 heterocycles. The van der Waals surface area contributed by atoms with E-state index in [1.54, 1.807) is 7.11 Å². The van der Waals surface area contributed by atoms with Gasteiger partial charge in [-0.1, -0.05) is 81.4 Å². The number of methoxy groups -OCH3 is 1. The van der Waals surface area contributed by atoms with E-state index in [9.17, 15) is 5.11 Å². The van der Waals surface area contributed by atoms with Crippen LogP contribution in [-0.2, 0) is 9.16 Å². The van der Waals surface area contributed by atoms with Crippen molar-refractivity contribution in [1.29, 1.82) is 0 Å². The van der Waals surface area contributed by atoms with E-state index in [1.165, 1.54) is 10.4 Å². The molecular formula is C33H44O5Si. The van der Waals surface area contributed by atoms with E-state index in [4.69, 9.17) is 18.6 Å². The lowest BCUT2D eigenvalue weighted by atomic mass is 9.82. The SMILES string of the molecule is COCOc1cc2c(cc1C)O[C@@H](C(C)(C)O)C[C@@H]2CCO[Si](c1ccccc1)(c1ccccc1)C(C)(C)C. The molecule has 1 N–H and O–H groups in total. The molecule has 39 heavy (non-hydrogen) atoms. The van der Waals surface area contributed by atoms with Crippen LogP contribution in [0, 0.1) is 6.92 Å². The molecule has 6 heteroatoms.